The Labute approximate surface area is 163 Å². The molecule has 0 bridgehead atoms. The third-order valence-electron chi connectivity index (χ3n) is 4.50. The van der Waals surface area contributed by atoms with E-state index in [9.17, 15) is 9.90 Å². The number of rotatable bonds is 4. The molecule has 0 fully saturated rings. The van der Waals surface area contributed by atoms with Gasteiger partial charge in [-0.1, -0.05) is 60.7 Å². The molecule has 4 nitrogen and oxygen atoms in total. The molecule has 0 aliphatic rings. The minimum atomic E-state index is -0.525. The molecule has 138 valence electrons. The number of fused-ring (bicyclic) bond motifs is 1. The molecule has 0 radical (unpaired) electrons. The number of carbonyl (C=O) groups is 1. The van der Waals surface area contributed by atoms with E-state index in [0.29, 0.717) is 11.4 Å². The highest BCUT2D eigenvalue weighted by molar-refractivity contribution is 5.93. The Morgan fingerprint density at radius 1 is 0.786 bits per heavy atom. The van der Waals surface area contributed by atoms with E-state index >= 15 is 0 Å². The van der Waals surface area contributed by atoms with Crippen LogP contribution in [0.3, 0.4) is 0 Å². The predicted octanol–water partition coefficient (Wildman–Crippen LogP) is 5.75. The van der Waals surface area contributed by atoms with Gasteiger partial charge in [0.05, 0.1) is 0 Å². The second-order valence-corrected chi connectivity index (χ2v) is 6.53. The Morgan fingerprint density at radius 2 is 1.43 bits per heavy atom. The van der Waals surface area contributed by atoms with Gasteiger partial charge < -0.3 is 9.84 Å². The first-order valence-electron chi connectivity index (χ1n) is 9.01. The van der Waals surface area contributed by atoms with Gasteiger partial charge in [-0.25, -0.2) is 4.79 Å². The monoisotopic (exact) mass is 369 g/mol. The smallest absolute Gasteiger partial charge is 0.417 e. The summed E-state index contributed by atoms with van der Waals surface area (Å²) in [7, 11) is 0. The SMILES string of the molecule is O=C(Nc1ccc(Cc2ccc(O)cc2)cc1)Oc1cccc2ccccc12. The molecule has 0 heterocycles. The fourth-order valence-corrected chi connectivity index (χ4v) is 3.08. The topological polar surface area (TPSA) is 58.6 Å². The summed E-state index contributed by atoms with van der Waals surface area (Å²) in [6.45, 7) is 0. The van der Waals surface area contributed by atoms with Gasteiger partial charge in [-0.15, -0.1) is 0 Å². The number of ether oxygens (including phenoxy) is 1. The number of phenols is 1. The van der Waals surface area contributed by atoms with Crippen LogP contribution >= 0.6 is 0 Å². The number of aromatic hydroxyl groups is 1. The zero-order chi connectivity index (χ0) is 19.3. The van der Waals surface area contributed by atoms with Gasteiger partial charge in [-0.05, 0) is 53.3 Å². The van der Waals surface area contributed by atoms with Crippen molar-refractivity contribution in [3.63, 3.8) is 0 Å². The molecule has 0 aliphatic carbocycles. The van der Waals surface area contributed by atoms with E-state index in [1.54, 1.807) is 18.2 Å². The molecule has 1 amide bonds. The van der Waals surface area contributed by atoms with Crippen LogP contribution in [0.5, 0.6) is 11.5 Å². The zero-order valence-electron chi connectivity index (χ0n) is 15.1. The van der Waals surface area contributed by atoms with Crippen molar-refractivity contribution < 1.29 is 14.6 Å². The number of hydrogen-bond acceptors (Lipinski definition) is 3. The number of carbonyl (C=O) groups excluding carboxylic acids is 1. The minimum absolute atomic E-state index is 0.257. The van der Waals surface area contributed by atoms with E-state index in [4.69, 9.17) is 4.74 Å². The standard InChI is InChI=1S/C24H19NO3/c26-21-14-10-18(11-15-21)16-17-8-12-20(13-9-17)25-24(27)28-23-7-3-5-19-4-1-2-6-22(19)23/h1-15,26H,16H2,(H,25,27). The van der Waals surface area contributed by atoms with Gasteiger partial charge in [-0.3, -0.25) is 5.32 Å². The fraction of sp³-hybridized carbons (Fsp3) is 0.0417. The molecule has 0 atom stereocenters. The van der Waals surface area contributed by atoms with E-state index in [1.165, 1.54) is 0 Å². The maximum atomic E-state index is 12.3. The van der Waals surface area contributed by atoms with E-state index in [-0.39, 0.29) is 5.75 Å². The highest BCUT2D eigenvalue weighted by Crippen LogP contribution is 2.25. The maximum absolute atomic E-state index is 12.3. The van der Waals surface area contributed by atoms with E-state index in [2.05, 4.69) is 5.32 Å². The van der Waals surface area contributed by atoms with Gasteiger partial charge in [0.1, 0.15) is 11.5 Å². The molecule has 4 rings (SSSR count). The lowest BCUT2D eigenvalue weighted by molar-refractivity contribution is 0.215. The van der Waals surface area contributed by atoms with Crippen molar-refractivity contribution in [2.45, 2.75) is 6.42 Å². The lowest BCUT2D eigenvalue weighted by Crippen LogP contribution is -2.16. The van der Waals surface area contributed by atoms with Gasteiger partial charge in [0.2, 0.25) is 0 Å². The summed E-state index contributed by atoms with van der Waals surface area (Å²) in [5.41, 5.74) is 2.88. The van der Waals surface area contributed by atoms with Crippen LogP contribution in [0.15, 0.2) is 91.0 Å². The first kappa shape index (κ1) is 17.6. The van der Waals surface area contributed by atoms with Crippen molar-refractivity contribution in [3.8, 4) is 11.5 Å². The van der Waals surface area contributed by atoms with E-state index < -0.39 is 6.09 Å². The summed E-state index contributed by atoms with van der Waals surface area (Å²) in [4.78, 5) is 12.3. The molecule has 0 aromatic heterocycles. The third-order valence-corrected chi connectivity index (χ3v) is 4.50. The van der Waals surface area contributed by atoms with Gasteiger partial charge in [-0.2, -0.15) is 0 Å². The Bertz CT molecular complexity index is 1100. The van der Waals surface area contributed by atoms with Gasteiger partial charge in [0.15, 0.2) is 0 Å². The molecule has 4 aromatic carbocycles. The van der Waals surface area contributed by atoms with Crippen molar-refractivity contribution in [3.05, 3.63) is 102 Å². The zero-order valence-corrected chi connectivity index (χ0v) is 15.1. The molecule has 4 aromatic rings. The van der Waals surface area contributed by atoms with Gasteiger partial charge in [0.25, 0.3) is 0 Å². The van der Waals surface area contributed by atoms with Crippen molar-refractivity contribution in [2.24, 2.45) is 0 Å². The molecule has 0 spiro atoms. The minimum Gasteiger partial charge on any atom is -0.508 e. The average Bonchev–Trinajstić information content (AvgIpc) is 2.71. The molecular formula is C24H19NO3. The quantitative estimate of drug-likeness (QED) is 0.482. The normalized spacial score (nSPS) is 10.6. The summed E-state index contributed by atoms with van der Waals surface area (Å²) in [5.74, 6) is 0.785. The van der Waals surface area contributed by atoms with Crippen LogP contribution in [-0.4, -0.2) is 11.2 Å². The fourth-order valence-electron chi connectivity index (χ4n) is 3.08. The van der Waals surface area contributed by atoms with Crippen LogP contribution in [0.1, 0.15) is 11.1 Å². The van der Waals surface area contributed by atoms with Gasteiger partial charge >= 0.3 is 6.09 Å². The van der Waals surface area contributed by atoms with Crippen LogP contribution < -0.4 is 10.1 Å². The summed E-state index contributed by atoms with van der Waals surface area (Å²) in [6, 6.07) is 28.1. The Hall–Kier alpha value is -3.79. The van der Waals surface area contributed by atoms with Gasteiger partial charge in [0, 0.05) is 11.1 Å². The molecule has 0 saturated heterocycles. The molecule has 0 aliphatic heterocycles. The Morgan fingerprint density at radius 3 is 2.18 bits per heavy atom. The van der Waals surface area contributed by atoms with Crippen molar-refractivity contribution in [1.82, 2.24) is 0 Å². The largest absolute Gasteiger partial charge is 0.508 e. The van der Waals surface area contributed by atoms with Crippen LogP contribution in [0.2, 0.25) is 0 Å². The molecule has 4 heteroatoms. The van der Waals surface area contributed by atoms with Crippen molar-refractivity contribution in [2.75, 3.05) is 5.32 Å². The molecule has 0 saturated carbocycles. The first-order valence-corrected chi connectivity index (χ1v) is 9.01. The summed E-state index contributed by atoms with van der Waals surface area (Å²) >= 11 is 0. The molecule has 0 unspecified atom stereocenters. The highest BCUT2D eigenvalue weighted by Gasteiger charge is 2.08. The summed E-state index contributed by atoms with van der Waals surface area (Å²) in [5, 5.41) is 14.0. The second kappa shape index (κ2) is 7.84. The lowest BCUT2D eigenvalue weighted by Gasteiger charge is -2.10. The Balaban J connectivity index is 1.41. The van der Waals surface area contributed by atoms with E-state index in [0.717, 1.165) is 28.3 Å². The van der Waals surface area contributed by atoms with Crippen LogP contribution in [-0.2, 0) is 6.42 Å². The number of nitrogens with one attached hydrogen (secondary N) is 1. The van der Waals surface area contributed by atoms with Crippen molar-refractivity contribution >= 4 is 22.6 Å². The lowest BCUT2D eigenvalue weighted by atomic mass is 10.0. The number of benzene rings is 4. The van der Waals surface area contributed by atoms with Crippen molar-refractivity contribution in [1.29, 1.82) is 0 Å². The number of phenolic OH excluding ortho intramolecular Hbond substituents is 1. The number of anilines is 1. The van der Waals surface area contributed by atoms with Crippen LogP contribution in [0, 0.1) is 0 Å². The molecule has 2 N–H and O–H groups in total. The van der Waals surface area contributed by atoms with Crippen LogP contribution in [0.4, 0.5) is 10.5 Å². The van der Waals surface area contributed by atoms with E-state index in [1.807, 2.05) is 72.8 Å². The first-order chi connectivity index (χ1) is 13.7. The highest BCUT2D eigenvalue weighted by atomic mass is 16.6. The summed E-state index contributed by atoms with van der Waals surface area (Å²) in [6.07, 6.45) is 0.226. The Kier molecular flexibility index (Phi) is 4.93. The number of hydrogen-bond donors (Lipinski definition) is 2. The average molecular weight is 369 g/mol. The molecular weight excluding hydrogens is 350 g/mol. The van der Waals surface area contributed by atoms with Crippen LogP contribution in [0.25, 0.3) is 10.8 Å². The maximum Gasteiger partial charge on any atom is 0.417 e. The molecule has 28 heavy (non-hydrogen) atoms. The number of amides is 1. The predicted molar refractivity (Wildman–Crippen MR) is 111 cm³/mol. The second-order valence-electron chi connectivity index (χ2n) is 6.53. The third kappa shape index (κ3) is 4.13. The summed E-state index contributed by atoms with van der Waals surface area (Å²) < 4.78 is 5.49.